The summed E-state index contributed by atoms with van der Waals surface area (Å²) < 4.78 is 5.89. The molecular formula is C13H17NO. The first-order chi connectivity index (χ1) is 7.25. The minimum Gasteiger partial charge on any atom is -0.372 e. The van der Waals surface area contributed by atoms with Crippen LogP contribution in [0.3, 0.4) is 0 Å². The van der Waals surface area contributed by atoms with Gasteiger partial charge in [0.05, 0.1) is 12.7 Å². The second-order valence-electron chi connectivity index (χ2n) is 4.76. The van der Waals surface area contributed by atoms with Crippen molar-refractivity contribution in [1.29, 1.82) is 0 Å². The highest BCUT2D eigenvalue weighted by molar-refractivity contribution is 5.42. The van der Waals surface area contributed by atoms with Gasteiger partial charge in [0.25, 0.3) is 0 Å². The lowest BCUT2D eigenvalue weighted by Gasteiger charge is -2.29. The minimum atomic E-state index is 0.402. The summed E-state index contributed by atoms with van der Waals surface area (Å²) in [5, 5.41) is 3.42. The highest BCUT2D eigenvalue weighted by atomic mass is 16.5. The van der Waals surface area contributed by atoms with E-state index in [9.17, 15) is 0 Å². The van der Waals surface area contributed by atoms with Gasteiger partial charge in [-0.25, -0.2) is 0 Å². The van der Waals surface area contributed by atoms with E-state index in [1.54, 1.807) is 0 Å². The number of nitrogens with one attached hydrogen (secondary N) is 1. The summed E-state index contributed by atoms with van der Waals surface area (Å²) in [5.41, 5.74) is 5.70. The standard InChI is InChI=1S/C13H17NO/c1-8-3-9(2)12-7-15-13-6-14-5-11(13)10(12)4-8/h3-4,11,13-14H,5-7H2,1-2H3. The first kappa shape index (κ1) is 9.37. The Morgan fingerprint density at radius 2 is 2.13 bits per heavy atom. The molecule has 2 nitrogen and oxygen atoms in total. The van der Waals surface area contributed by atoms with E-state index in [1.807, 2.05) is 0 Å². The monoisotopic (exact) mass is 203 g/mol. The highest BCUT2D eigenvalue weighted by Crippen LogP contribution is 2.35. The molecule has 0 spiro atoms. The van der Waals surface area contributed by atoms with Crippen LogP contribution in [0, 0.1) is 13.8 Å². The third-order valence-electron chi connectivity index (χ3n) is 3.65. The molecule has 15 heavy (non-hydrogen) atoms. The molecule has 2 heteroatoms. The predicted octanol–water partition coefficient (Wildman–Crippen LogP) is 1.89. The van der Waals surface area contributed by atoms with Gasteiger partial charge in [0.15, 0.2) is 0 Å². The quantitative estimate of drug-likeness (QED) is 0.695. The van der Waals surface area contributed by atoms with E-state index in [4.69, 9.17) is 4.74 Å². The van der Waals surface area contributed by atoms with Gasteiger partial charge in [-0.05, 0) is 30.5 Å². The van der Waals surface area contributed by atoms with Crippen LogP contribution >= 0.6 is 0 Å². The Kier molecular flexibility index (Phi) is 2.08. The first-order valence-corrected chi connectivity index (χ1v) is 5.68. The molecule has 1 aromatic rings. The Hall–Kier alpha value is -0.860. The number of rotatable bonds is 0. The van der Waals surface area contributed by atoms with E-state index in [1.165, 1.54) is 22.3 Å². The molecule has 1 aromatic carbocycles. The van der Waals surface area contributed by atoms with E-state index >= 15 is 0 Å². The minimum absolute atomic E-state index is 0.402. The largest absolute Gasteiger partial charge is 0.372 e. The molecule has 2 heterocycles. The summed E-state index contributed by atoms with van der Waals surface area (Å²) in [6.07, 6.45) is 0.402. The first-order valence-electron chi connectivity index (χ1n) is 5.68. The number of ether oxygens (including phenoxy) is 1. The molecule has 0 aromatic heterocycles. The van der Waals surface area contributed by atoms with E-state index in [0.717, 1.165) is 19.7 Å². The number of aryl methyl sites for hydroxylation is 2. The van der Waals surface area contributed by atoms with Gasteiger partial charge in [0, 0.05) is 19.0 Å². The van der Waals surface area contributed by atoms with Crippen LogP contribution in [-0.4, -0.2) is 19.2 Å². The Bertz CT molecular complexity index is 400. The van der Waals surface area contributed by atoms with Crippen LogP contribution in [0.2, 0.25) is 0 Å². The molecule has 1 saturated heterocycles. The molecule has 1 N–H and O–H groups in total. The fraction of sp³-hybridized carbons (Fsp3) is 0.538. The van der Waals surface area contributed by atoms with Crippen LogP contribution in [0.4, 0.5) is 0 Å². The third kappa shape index (κ3) is 1.40. The van der Waals surface area contributed by atoms with Crippen molar-refractivity contribution in [3.05, 3.63) is 34.4 Å². The van der Waals surface area contributed by atoms with Gasteiger partial charge >= 0.3 is 0 Å². The molecule has 0 amide bonds. The number of benzene rings is 1. The molecule has 2 atom stereocenters. The van der Waals surface area contributed by atoms with Gasteiger partial charge in [-0.1, -0.05) is 17.7 Å². The Labute approximate surface area is 90.6 Å². The topological polar surface area (TPSA) is 21.3 Å². The predicted molar refractivity (Wildman–Crippen MR) is 60.1 cm³/mol. The SMILES string of the molecule is Cc1cc(C)c2c(c1)C1CNCC1OC2. The number of hydrogen-bond donors (Lipinski definition) is 1. The van der Waals surface area contributed by atoms with Crippen LogP contribution in [0.1, 0.15) is 28.2 Å². The Balaban J connectivity index is 2.12. The van der Waals surface area contributed by atoms with Gasteiger partial charge in [-0.3, -0.25) is 0 Å². The lowest BCUT2D eigenvalue weighted by atomic mass is 9.86. The molecule has 2 aliphatic heterocycles. The Morgan fingerprint density at radius 1 is 1.27 bits per heavy atom. The molecule has 1 fully saturated rings. The smallest absolute Gasteiger partial charge is 0.0784 e. The number of hydrogen-bond acceptors (Lipinski definition) is 2. The normalized spacial score (nSPS) is 28.7. The second-order valence-corrected chi connectivity index (χ2v) is 4.76. The molecule has 0 saturated carbocycles. The van der Waals surface area contributed by atoms with Crippen LogP contribution in [0.25, 0.3) is 0 Å². The van der Waals surface area contributed by atoms with Gasteiger partial charge in [-0.2, -0.15) is 0 Å². The molecule has 3 rings (SSSR count). The van der Waals surface area contributed by atoms with Crippen molar-refractivity contribution >= 4 is 0 Å². The zero-order chi connectivity index (χ0) is 10.4. The zero-order valence-corrected chi connectivity index (χ0v) is 9.34. The average Bonchev–Trinajstić information content (AvgIpc) is 2.65. The molecule has 2 unspecified atom stereocenters. The molecular weight excluding hydrogens is 186 g/mol. The van der Waals surface area contributed by atoms with E-state index < -0.39 is 0 Å². The molecule has 0 bridgehead atoms. The number of fused-ring (bicyclic) bond motifs is 3. The summed E-state index contributed by atoms with van der Waals surface area (Å²) >= 11 is 0. The van der Waals surface area contributed by atoms with Crippen molar-refractivity contribution in [3.8, 4) is 0 Å². The van der Waals surface area contributed by atoms with Crippen LogP contribution in [0.5, 0.6) is 0 Å². The van der Waals surface area contributed by atoms with Gasteiger partial charge in [0.1, 0.15) is 0 Å². The third-order valence-corrected chi connectivity index (χ3v) is 3.65. The van der Waals surface area contributed by atoms with Crippen LogP contribution < -0.4 is 5.32 Å². The van der Waals surface area contributed by atoms with Crippen molar-refractivity contribution in [2.75, 3.05) is 13.1 Å². The van der Waals surface area contributed by atoms with E-state index in [2.05, 4.69) is 31.3 Å². The maximum Gasteiger partial charge on any atom is 0.0784 e. The fourth-order valence-electron chi connectivity index (χ4n) is 2.89. The van der Waals surface area contributed by atoms with Gasteiger partial charge in [-0.15, -0.1) is 0 Å². The Morgan fingerprint density at radius 3 is 3.00 bits per heavy atom. The fourth-order valence-corrected chi connectivity index (χ4v) is 2.89. The summed E-state index contributed by atoms with van der Waals surface area (Å²) in [6.45, 7) is 7.25. The maximum absolute atomic E-state index is 5.89. The van der Waals surface area contributed by atoms with Crippen LogP contribution in [0.15, 0.2) is 12.1 Å². The zero-order valence-electron chi connectivity index (χ0n) is 9.34. The average molecular weight is 203 g/mol. The lowest BCUT2D eigenvalue weighted by molar-refractivity contribution is 0.0295. The maximum atomic E-state index is 5.89. The van der Waals surface area contributed by atoms with Crippen molar-refractivity contribution < 1.29 is 4.74 Å². The van der Waals surface area contributed by atoms with E-state index in [0.29, 0.717) is 12.0 Å². The van der Waals surface area contributed by atoms with Gasteiger partial charge < -0.3 is 10.1 Å². The molecule has 80 valence electrons. The summed E-state index contributed by atoms with van der Waals surface area (Å²) in [4.78, 5) is 0. The van der Waals surface area contributed by atoms with Crippen molar-refractivity contribution in [2.45, 2.75) is 32.5 Å². The highest BCUT2D eigenvalue weighted by Gasteiger charge is 2.34. The molecule has 0 aliphatic carbocycles. The summed E-state index contributed by atoms with van der Waals surface area (Å²) in [5.74, 6) is 0.576. The summed E-state index contributed by atoms with van der Waals surface area (Å²) in [7, 11) is 0. The second kappa shape index (κ2) is 3.32. The van der Waals surface area contributed by atoms with Crippen LogP contribution in [-0.2, 0) is 11.3 Å². The van der Waals surface area contributed by atoms with Crippen molar-refractivity contribution in [1.82, 2.24) is 5.32 Å². The molecule has 2 aliphatic rings. The van der Waals surface area contributed by atoms with Gasteiger partial charge in [0.2, 0.25) is 0 Å². The molecule has 0 radical (unpaired) electrons. The van der Waals surface area contributed by atoms with Crippen molar-refractivity contribution in [2.24, 2.45) is 0 Å². The lowest BCUT2D eigenvalue weighted by Crippen LogP contribution is -2.27. The summed E-state index contributed by atoms with van der Waals surface area (Å²) in [6, 6.07) is 4.60. The van der Waals surface area contributed by atoms with Crippen molar-refractivity contribution in [3.63, 3.8) is 0 Å². The van der Waals surface area contributed by atoms with E-state index in [-0.39, 0.29) is 0 Å².